The highest BCUT2D eigenvalue weighted by molar-refractivity contribution is 7.89. The molecule has 0 aliphatic carbocycles. The van der Waals surface area contributed by atoms with E-state index >= 15 is 0 Å². The summed E-state index contributed by atoms with van der Waals surface area (Å²) in [5.74, 6) is 0.714. The van der Waals surface area contributed by atoms with Crippen molar-refractivity contribution in [1.82, 2.24) is 4.83 Å². The smallest absolute Gasteiger partial charge is 0.276 e. The zero-order valence-corrected chi connectivity index (χ0v) is 13.4. The summed E-state index contributed by atoms with van der Waals surface area (Å²) < 4.78 is 34.5. The number of rotatable bonds is 6. The van der Waals surface area contributed by atoms with Crippen LogP contribution in [0.5, 0.6) is 17.2 Å². The molecule has 2 aromatic rings. The lowest BCUT2D eigenvalue weighted by Crippen LogP contribution is -2.18. The Kier molecular flexibility index (Phi) is 5.07. The van der Waals surface area contributed by atoms with Crippen LogP contribution in [-0.2, 0) is 10.0 Å². The molecule has 0 amide bonds. The summed E-state index contributed by atoms with van der Waals surface area (Å²) in [4.78, 5) is 2.05. The van der Waals surface area contributed by atoms with Crippen molar-refractivity contribution in [3.63, 3.8) is 0 Å². The standard InChI is InChI=1S/C15H16N2O5S/c1-21-14-8-7-12(9-15(14)22-2)23(19,20)17-16-10-11-5-3-4-6-13(11)18/h3-10,17-18H,1-2H3. The molecule has 0 radical (unpaired) electrons. The van der Waals surface area contributed by atoms with E-state index in [2.05, 4.69) is 9.93 Å². The maximum absolute atomic E-state index is 12.2. The van der Waals surface area contributed by atoms with Gasteiger partial charge in [0, 0.05) is 11.6 Å². The molecule has 0 fully saturated rings. The molecular formula is C15H16N2O5S. The van der Waals surface area contributed by atoms with E-state index in [0.717, 1.165) is 0 Å². The van der Waals surface area contributed by atoms with Crippen LogP contribution in [0.1, 0.15) is 5.56 Å². The Bertz CT molecular complexity index is 818. The Morgan fingerprint density at radius 1 is 1.09 bits per heavy atom. The SMILES string of the molecule is COc1ccc(S(=O)(=O)NN=Cc2ccccc2O)cc1OC. The van der Waals surface area contributed by atoms with Crippen LogP contribution in [0.2, 0.25) is 0 Å². The molecule has 0 saturated heterocycles. The molecule has 8 heteroatoms. The van der Waals surface area contributed by atoms with Gasteiger partial charge in [-0.15, -0.1) is 0 Å². The molecule has 0 heterocycles. The Labute approximate surface area is 134 Å². The van der Waals surface area contributed by atoms with Crippen LogP contribution in [0, 0.1) is 0 Å². The van der Waals surface area contributed by atoms with E-state index in [1.165, 1.54) is 44.7 Å². The van der Waals surface area contributed by atoms with Gasteiger partial charge >= 0.3 is 0 Å². The van der Waals surface area contributed by atoms with Crippen molar-refractivity contribution in [3.8, 4) is 17.2 Å². The normalized spacial score (nSPS) is 11.4. The van der Waals surface area contributed by atoms with E-state index < -0.39 is 10.0 Å². The average Bonchev–Trinajstić information content (AvgIpc) is 2.55. The van der Waals surface area contributed by atoms with E-state index in [4.69, 9.17) is 9.47 Å². The van der Waals surface area contributed by atoms with Crippen molar-refractivity contribution in [3.05, 3.63) is 48.0 Å². The number of para-hydroxylation sites is 1. The highest BCUT2D eigenvalue weighted by Gasteiger charge is 2.16. The van der Waals surface area contributed by atoms with Crippen LogP contribution in [0.4, 0.5) is 0 Å². The maximum Gasteiger partial charge on any atom is 0.276 e. The Morgan fingerprint density at radius 3 is 2.43 bits per heavy atom. The molecular weight excluding hydrogens is 320 g/mol. The van der Waals surface area contributed by atoms with Gasteiger partial charge in [-0.3, -0.25) is 0 Å². The average molecular weight is 336 g/mol. The Morgan fingerprint density at radius 2 is 1.78 bits per heavy atom. The van der Waals surface area contributed by atoms with Gasteiger partial charge in [0.05, 0.1) is 25.3 Å². The molecule has 0 spiro atoms. The lowest BCUT2D eigenvalue weighted by Gasteiger charge is -2.09. The van der Waals surface area contributed by atoms with Gasteiger partial charge in [-0.1, -0.05) is 12.1 Å². The molecule has 0 aromatic heterocycles. The highest BCUT2D eigenvalue weighted by Crippen LogP contribution is 2.29. The van der Waals surface area contributed by atoms with Crippen molar-refractivity contribution in [1.29, 1.82) is 0 Å². The van der Waals surface area contributed by atoms with Gasteiger partial charge in [-0.05, 0) is 24.3 Å². The first-order chi connectivity index (χ1) is 11.0. The minimum absolute atomic E-state index is 0.00145. The van der Waals surface area contributed by atoms with Gasteiger partial charge in [0.1, 0.15) is 5.75 Å². The third-order valence-corrected chi connectivity index (χ3v) is 4.20. The van der Waals surface area contributed by atoms with Crippen LogP contribution >= 0.6 is 0 Å². The van der Waals surface area contributed by atoms with Crippen LogP contribution in [0.25, 0.3) is 0 Å². The molecule has 0 saturated carbocycles. The first kappa shape index (κ1) is 16.6. The van der Waals surface area contributed by atoms with Gasteiger partial charge in [0.25, 0.3) is 10.0 Å². The summed E-state index contributed by atoms with van der Waals surface area (Å²) in [6.45, 7) is 0. The fourth-order valence-corrected chi connectivity index (χ4v) is 2.60. The van der Waals surface area contributed by atoms with Crippen molar-refractivity contribution in [2.24, 2.45) is 5.10 Å². The number of ether oxygens (including phenoxy) is 2. The molecule has 0 bridgehead atoms. The predicted octanol–water partition coefficient (Wildman–Crippen LogP) is 1.72. The van der Waals surface area contributed by atoms with Gasteiger partial charge in [-0.2, -0.15) is 13.5 Å². The number of benzene rings is 2. The lowest BCUT2D eigenvalue weighted by molar-refractivity contribution is 0.354. The van der Waals surface area contributed by atoms with E-state index in [9.17, 15) is 13.5 Å². The highest BCUT2D eigenvalue weighted by atomic mass is 32.2. The number of hydrogen-bond donors (Lipinski definition) is 2. The molecule has 122 valence electrons. The number of nitrogens with zero attached hydrogens (tertiary/aromatic N) is 1. The number of nitrogens with one attached hydrogen (secondary N) is 1. The molecule has 7 nitrogen and oxygen atoms in total. The summed E-state index contributed by atoms with van der Waals surface area (Å²) in [6.07, 6.45) is 1.22. The number of phenolic OH excluding ortho intramolecular Hbond substituents is 1. The predicted molar refractivity (Wildman–Crippen MR) is 85.6 cm³/mol. The molecule has 0 aliphatic rings. The van der Waals surface area contributed by atoms with Crippen LogP contribution in [0.15, 0.2) is 52.5 Å². The van der Waals surface area contributed by atoms with Gasteiger partial charge in [0.2, 0.25) is 0 Å². The Hall–Kier alpha value is -2.74. The second-order valence-electron chi connectivity index (χ2n) is 4.43. The summed E-state index contributed by atoms with van der Waals surface area (Å²) >= 11 is 0. The first-order valence-electron chi connectivity index (χ1n) is 6.53. The van der Waals surface area contributed by atoms with Crippen LogP contribution in [0.3, 0.4) is 0 Å². The topological polar surface area (TPSA) is 97.2 Å². The van der Waals surface area contributed by atoms with E-state index in [1.807, 2.05) is 0 Å². The van der Waals surface area contributed by atoms with Gasteiger partial charge < -0.3 is 14.6 Å². The number of hydrogen-bond acceptors (Lipinski definition) is 6. The first-order valence-corrected chi connectivity index (χ1v) is 8.01. The minimum atomic E-state index is -3.87. The van der Waals surface area contributed by atoms with Crippen molar-refractivity contribution in [2.75, 3.05) is 14.2 Å². The maximum atomic E-state index is 12.2. The van der Waals surface area contributed by atoms with Gasteiger partial charge in [-0.25, -0.2) is 4.83 Å². The van der Waals surface area contributed by atoms with Crippen molar-refractivity contribution < 1.29 is 23.0 Å². The number of methoxy groups -OCH3 is 2. The monoisotopic (exact) mass is 336 g/mol. The summed E-state index contributed by atoms with van der Waals surface area (Å²) in [6, 6.07) is 10.6. The molecule has 0 atom stereocenters. The zero-order valence-electron chi connectivity index (χ0n) is 12.6. The fourth-order valence-electron chi connectivity index (χ4n) is 1.80. The summed E-state index contributed by atoms with van der Waals surface area (Å²) in [5.41, 5.74) is 0.391. The molecule has 23 heavy (non-hydrogen) atoms. The van der Waals surface area contributed by atoms with Crippen molar-refractivity contribution >= 4 is 16.2 Å². The summed E-state index contributed by atoms with van der Waals surface area (Å²) in [5, 5.41) is 13.2. The third-order valence-electron chi connectivity index (χ3n) is 2.98. The molecule has 0 unspecified atom stereocenters. The van der Waals surface area contributed by atoms with Crippen molar-refractivity contribution in [2.45, 2.75) is 4.90 Å². The van der Waals surface area contributed by atoms with Gasteiger partial charge in [0.15, 0.2) is 11.5 Å². The van der Waals surface area contributed by atoms with E-state index in [1.54, 1.807) is 18.2 Å². The Balaban J connectivity index is 2.21. The van der Waals surface area contributed by atoms with Crippen LogP contribution < -0.4 is 14.3 Å². The largest absolute Gasteiger partial charge is 0.507 e. The number of sulfonamides is 1. The fraction of sp³-hybridized carbons (Fsp3) is 0.133. The second-order valence-corrected chi connectivity index (χ2v) is 6.09. The molecule has 2 N–H and O–H groups in total. The van der Waals surface area contributed by atoms with Crippen LogP contribution in [-0.4, -0.2) is 34.0 Å². The van der Waals surface area contributed by atoms with E-state index in [0.29, 0.717) is 17.1 Å². The lowest BCUT2D eigenvalue weighted by atomic mass is 10.2. The quantitative estimate of drug-likeness (QED) is 0.618. The number of aromatic hydroxyl groups is 1. The molecule has 2 aromatic carbocycles. The minimum Gasteiger partial charge on any atom is -0.507 e. The zero-order chi connectivity index (χ0) is 16.9. The molecule has 0 aliphatic heterocycles. The number of phenols is 1. The number of hydrazone groups is 1. The third kappa shape index (κ3) is 3.92. The second kappa shape index (κ2) is 7.01. The molecule has 2 rings (SSSR count). The summed E-state index contributed by atoms with van der Waals surface area (Å²) in [7, 11) is -0.992. The van der Waals surface area contributed by atoms with E-state index in [-0.39, 0.29) is 10.6 Å².